The van der Waals surface area contributed by atoms with E-state index in [4.69, 9.17) is 4.74 Å². The molecule has 4 N–H and O–H groups in total. The molecule has 32 heavy (non-hydrogen) atoms. The third kappa shape index (κ3) is 5.23. The normalized spacial score (nSPS) is 11.2. The monoisotopic (exact) mass is 455 g/mol. The molecule has 168 valence electrons. The summed E-state index contributed by atoms with van der Waals surface area (Å²) in [4.78, 5) is 26.4. The molecule has 0 spiro atoms. The number of hydrogen-bond acceptors (Lipinski definition) is 7. The van der Waals surface area contributed by atoms with E-state index in [2.05, 4.69) is 5.32 Å². The van der Waals surface area contributed by atoms with Gasteiger partial charge in [0.05, 0.1) is 26.9 Å². The van der Waals surface area contributed by atoms with Crippen molar-refractivity contribution in [1.82, 2.24) is 5.32 Å². The molecule has 1 amide bonds. The van der Waals surface area contributed by atoms with Gasteiger partial charge in [0.15, 0.2) is 5.78 Å². The maximum atomic E-state index is 12.9. The summed E-state index contributed by atoms with van der Waals surface area (Å²) in [5, 5.41) is 32.5. The molecule has 0 fully saturated rings. The summed E-state index contributed by atoms with van der Waals surface area (Å²) in [5.74, 6) is -0.0801. The Balaban J connectivity index is 1.75. The number of thiophene rings is 1. The van der Waals surface area contributed by atoms with Crippen molar-refractivity contribution in [3.8, 4) is 16.2 Å². The maximum Gasteiger partial charge on any atom is 0.251 e. The number of ether oxygens (including phenoxy) is 1. The summed E-state index contributed by atoms with van der Waals surface area (Å²) >= 11 is 1.62. The van der Waals surface area contributed by atoms with Crippen molar-refractivity contribution in [2.45, 2.75) is 12.0 Å². The number of benzene rings is 2. The molecule has 0 saturated carbocycles. The Labute approximate surface area is 189 Å². The fourth-order valence-electron chi connectivity index (χ4n) is 3.18. The maximum absolute atomic E-state index is 12.9. The van der Waals surface area contributed by atoms with E-state index < -0.39 is 31.3 Å². The minimum atomic E-state index is -1.52. The molecule has 0 unspecified atom stereocenters. The van der Waals surface area contributed by atoms with Gasteiger partial charge in [0, 0.05) is 28.0 Å². The Morgan fingerprint density at radius 3 is 2.19 bits per heavy atom. The summed E-state index contributed by atoms with van der Waals surface area (Å²) in [6.45, 7) is -1.85. The second kappa shape index (κ2) is 10.5. The number of methoxy groups -OCH3 is 1. The van der Waals surface area contributed by atoms with E-state index in [9.17, 15) is 24.9 Å². The van der Waals surface area contributed by atoms with Crippen molar-refractivity contribution in [3.63, 3.8) is 0 Å². The van der Waals surface area contributed by atoms with E-state index in [1.807, 2.05) is 35.7 Å². The molecule has 0 aliphatic heterocycles. The predicted octanol–water partition coefficient (Wildman–Crippen LogP) is 2.29. The highest BCUT2D eigenvalue weighted by Gasteiger charge is 2.30. The number of rotatable bonds is 10. The molecular formula is C24H25NO6S. The second-order valence-corrected chi connectivity index (χ2v) is 8.34. The van der Waals surface area contributed by atoms with Crippen LogP contribution >= 0.6 is 11.3 Å². The van der Waals surface area contributed by atoms with Crippen molar-refractivity contribution >= 4 is 23.0 Å². The highest BCUT2D eigenvalue weighted by molar-refractivity contribution is 7.13. The van der Waals surface area contributed by atoms with Crippen LogP contribution in [0.2, 0.25) is 0 Å². The zero-order chi connectivity index (χ0) is 23.1. The quantitative estimate of drug-likeness (QED) is 0.349. The first-order valence-corrected chi connectivity index (χ1v) is 10.8. The van der Waals surface area contributed by atoms with Gasteiger partial charge in [0.1, 0.15) is 11.3 Å². The third-order valence-corrected chi connectivity index (χ3v) is 6.11. The van der Waals surface area contributed by atoms with E-state index in [1.54, 1.807) is 30.6 Å². The van der Waals surface area contributed by atoms with Crippen LogP contribution in [0.25, 0.3) is 10.4 Å². The molecule has 0 bridgehead atoms. The van der Waals surface area contributed by atoms with Gasteiger partial charge >= 0.3 is 0 Å². The minimum Gasteiger partial charge on any atom is -0.496 e. The van der Waals surface area contributed by atoms with E-state index in [1.165, 1.54) is 12.1 Å². The highest BCUT2D eigenvalue weighted by Crippen LogP contribution is 2.30. The van der Waals surface area contributed by atoms with Gasteiger partial charge in [0.25, 0.3) is 5.91 Å². The number of amides is 1. The van der Waals surface area contributed by atoms with Crippen LogP contribution < -0.4 is 10.1 Å². The summed E-state index contributed by atoms with van der Waals surface area (Å²) in [7, 11) is 1.56. The van der Waals surface area contributed by atoms with Gasteiger partial charge in [-0.3, -0.25) is 9.59 Å². The van der Waals surface area contributed by atoms with E-state index in [0.717, 1.165) is 16.0 Å². The Morgan fingerprint density at radius 2 is 1.62 bits per heavy atom. The van der Waals surface area contributed by atoms with E-state index >= 15 is 0 Å². The molecule has 2 aromatic carbocycles. The lowest BCUT2D eigenvalue weighted by Gasteiger charge is -2.28. The summed E-state index contributed by atoms with van der Waals surface area (Å²) in [6.07, 6.45) is 0.135. The van der Waals surface area contributed by atoms with Crippen molar-refractivity contribution in [2.24, 2.45) is 0 Å². The fourth-order valence-corrected chi connectivity index (χ4v) is 3.90. The van der Waals surface area contributed by atoms with Crippen LogP contribution in [-0.4, -0.2) is 59.5 Å². The Hall–Kier alpha value is -3.04. The van der Waals surface area contributed by atoms with Gasteiger partial charge in [-0.2, -0.15) is 0 Å². The summed E-state index contributed by atoms with van der Waals surface area (Å²) in [6, 6.07) is 15.8. The van der Waals surface area contributed by atoms with Gasteiger partial charge in [-0.05, 0) is 47.3 Å². The lowest BCUT2D eigenvalue weighted by Crippen LogP contribution is -2.57. The number of Topliss-reactive ketones (excluding diaryl/α,β-unsaturated/α-hetero) is 1. The van der Waals surface area contributed by atoms with Crippen molar-refractivity contribution in [3.05, 3.63) is 76.7 Å². The minimum absolute atomic E-state index is 0.131. The van der Waals surface area contributed by atoms with Gasteiger partial charge in [-0.1, -0.05) is 18.2 Å². The molecule has 0 radical (unpaired) electrons. The molecule has 0 aliphatic carbocycles. The molecule has 1 aromatic heterocycles. The number of hydrogen-bond donors (Lipinski definition) is 4. The SMILES string of the molecule is COc1ccc(-c2cccs2)cc1CC(=O)c1ccc(C(=O)NC(CO)(CO)CO)cc1. The van der Waals surface area contributed by atoms with Gasteiger partial charge in [-0.15, -0.1) is 11.3 Å². The van der Waals surface area contributed by atoms with Gasteiger partial charge < -0.3 is 25.4 Å². The average Bonchev–Trinajstić information content (AvgIpc) is 3.37. The lowest BCUT2D eigenvalue weighted by atomic mass is 9.98. The zero-order valence-electron chi connectivity index (χ0n) is 17.6. The number of aliphatic hydroxyl groups is 3. The fraction of sp³-hybridized carbons (Fsp3) is 0.250. The largest absolute Gasteiger partial charge is 0.496 e. The standard InChI is InChI=1S/C24H25NO6S/c1-31-21-9-8-18(22-3-2-10-32-22)11-19(21)12-20(29)16-4-6-17(7-5-16)23(30)25-24(13-26,14-27)15-28/h2-11,26-28H,12-15H2,1H3,(H,25,30). The molecular weight excluding hydrogens is 430 g/mol. The molecule has 3 aromatic rings. The topological polar surface area (TPSA) is 116 Å². The number of aliphatic hydroxyl groups excluding tert-OH is 3. The van der Waals surface area contributed by atoms with E-state index in [-0.39, 0.29) is 17.8 Å². The first-order chi connectivity index (χ1) is 15.4. The van der Waals surface area contributed by atoms with Crippen molar-refractivity contribution in [1.29, 1.82) is 0 Å². The van der Waals surface area contributed by atoms with Crippen LogP contribution in [0.5, 0.6) is 5.75 Å². The van der Waals surface area contributed by atoms with E-state index in [0.29, 0.717) is 11.3 Å². The van der Waals surface area contributed by atoms with Crippen LogP contribution in [0, 0.1) is 0 Å². The van der Waals surface area contributed by atoms with Crippen molar-refractivity contribution < 1.29 is 29.6 Å². The van der Waals surface area contributed by atoms with Crippen molar-refractivity contribution in [2.75, 3.05) is 26.9 Å². The number of carbonyl (C=O) groups is 2. The summed E-state index contributed by atoms with van der Waals surface area (Å²) < 4.78 is 5.42. The Bertz CT molecular complexity index is 1050. The van der Waals surface area contributed by atoms with Gasteiger partial charge in [0.2, 0.25) is 0 Å². The molecule has 3 rings (SSSR count). The molecule has 0 aliphatic rings. The van der Waals surface area contributed by atoms with Crippen LogP contribution in [0.15, 0.2) is 60.0 Å². The van der Waals surface area contributed by atoms with Gasteiger partial charge in [-0.25, -0.2) is 0 Å². The molecule has 1 heterocycles. The third-order valence-electron chi connectivity index (χ3n) is 5.19. The number of ketones is 1. The molecule has 7 nitrogen and oxygen atoms in total. The Kier molecular flexibility index (Phi) is 7.76. The summed E-state index contributed by atoms with van der Waals surface area (Å²) in [5.41, 5.74) is 0.927. The highest BCUT2D eigenvalue weighted by atomic mass is 32.1. The second-order valence-electron chi connectivity index (χ2n) is 7.39. The predicted molar refractivity (Wildman–Crippen MR) is 122 cm³/mol. The lowest BCUT2D eigenvalue weighted by molar-refractivity contribution is 0.0375. The van der Waals surface area contributed by atoms with Crippen LogP contribution in [0.4, 0.5) is 0 Å². The van der Waals surface area contributed by atoms with Crippen LogP contribution in [0.3, 0.4) is 0 Å². The van der Waals surface area contributed by atoms with Crippen LogP contribution in [0.1, 0.15) is 26.3 Å². The molecule has 0 atom stereocenters. The smallest absolute Gasteiger partial charge is 0.251 e. The number of nitrogens with one attached hydrogen (secondary N) is 1. The first-order valence-electron chi connectivity index (χ1n) is 9.94. The first kappa shape index (κ1) is 23.6. The molecule has 8 heteroatoms. The number of carbonyl (C=O) groups excluding carboxylic acids is 2. The van der Waals surface area contributed by atoms with Crippen LogP contribution in [-0.2, 0) is 6.42 Å². The average molecular weight is 456 g/mol. The molecule has 0 saturated heterocycles. The zero-order valence-corrected chi connectivity index (χ0v) is 18.4. The Morgan fingerprint density at radius 1 is 0.969 bits per heavy atom.